The van der Waals surface area contributed by atoms with Crippen molar-refractivity contribution >= 4 is 16.6 Å². The van der Waals surface area contributed by atoms with E-state index in [-0.39, 0.29) is 23.6 Å². The number of pyridine rings is 1. The molecule has 3 aromatic rings. The van der Waals surface area contributed by atoms with Gasteiger partial charge in [-0.25, -0.2) is 0 Å². The monoisotopic (exact) mass is 253 g/mol. The van der Waals surface area contributed by atoms with E-state index < -0.39 is 0 Å². The maximum atomic E-state index is 12.2. The van der Waals surface area contributed by atoms with E-state index in [1.807, 2.05) is 24.3 Å². The van der Waals surface area contributed by atoms with Crippen LogP contribution in [0.15, 0.2) is 64.1 Å². The number of aromatic nitrogens is 1. The molecule has 0 N–H and O–H groups in total. The number of hydrogen-bond acceptors (Lipinski definition) is 3. The Morgan fingerprint density at radius 1 is 1.11 bits per heavy atom. The van der Waals surface area contributed by atoms with E-state index in [0.717, 1.165) is 5.39 Å². The molecule has 1 aromatic carbocycles. The van der Waals surface area contributed by atoms with Crippen LogP contribution in [0.2, 0.25) is 0 Å². The van der Waals surface area contributed by atoms with Crippen molar-refractivity contribution in [3.05, 3.63) is 71.0 Å². The van der Waals surface area contributed by atoms with Crippen LogP contribution < -0.4 is 5.56 Å². The fourth-order valence-corrected chi connectivity index (χ4v) is 2.02. The van der Waals surface area contributed by atoms with Gasteiger partial charge in [-0.3, -0.25) is 9.59 Å². The first-order valence-corrected chi connectivity index (χ1v) is 5.90. The number of ketones is 1. The zero-order chi connectivity index (χ0) is 13.2. The van der Waals surface area contributed by atoms with Crippen LogP contribution in [0, 0.1) is 0 Å². The van der Waals surface area contributed by atoms with E-state index in [1.54, 1.807) is 24.4 Å². The van der Waals surface area contributed by atoms with Crippen molar-refractivity contribution in [2.75, 3.05) is 0 Å². The third-order valence-corrected chi connectivity index (χ3v) is 3.00. The summed E-state index contributed by atoms with van der Waals surface area (Å²) in [6.07, 6.45) is 3.07. The molecule has 4 nitrogen and oxygen atoms in total. The van der Waals surface area contributed by atoms with Gasteiger partial charge in [-0.2, -0.15) is 0 Å². The van der Waals surface area contributed by atoms with Crippen molar-refractivity contribution in [2.24, 2.45) is 0 Å². The first-order chi connectivity index (χ1) is 9.25. The molecular formula is C15H11NO3. The normalized spacial score (nSPS) is 10.7. The van der Waals surface area contributed by atoms with Gasteiger partial charge in [0, 0.05) is 11.6 Å². The van der Waals surface area contributed by atoms with E-state index >= 15 is 0 Å². The van der Waals surface area contributed by atoms with Crippen molar-refractivity contribution in [2.45, 2.75) is 6.54 Å². The maximum Gasteiger partial charge on any atom is 0.258 e. The quantitative estimate of drug-likeness (QED) is 0.674. The van der Waals surface area contributed by atoms with Crippen LogP contribution in [0.25, 0.3) is 10.8 Å². The number of carbonyl (C=O) groups excluding carboxylic acids is 1. The minimum absolute atomic E-state index is 0.0167. The number of hydrogen-bond donors (Lipinski definition) is 0. The second-order valence-corrected chi connectivity index (χ2v) is 4.24. The highest BCUT2D eigenvalue weighted by atomic mass is 16.3. The number of Topliss-reactive ketones (excluding diaryl/α,β-unsaturated/α-hetero) is 1. The molecule has 0 saturated heterocycles. The van der Waals surface area contributed by atoms with Crippen LogP contribution >= 0.6 is 0 Å². The van der Waals surface area contributed by atoms with Gasteiger partial charge in [-0.05, 0) is 29.7 Å². The molecule has 4 heteroatoms. The van der Waals surface area contributed by atoms with E-state index in [4.69, 9.17) is 4.42 Å². The Hall–Kier alpha value is -2.62. The molecule has 0 bridgehead atoms. The highest BCUT2D eigenvalue weighted by Crippen LogP contribution is 2.09. The molecule has 19 heavy (non-hydrogen) atoms. The van der Waals surface area contributed by atoms with Gasteiger partial charge >= 0.3 is 0 Å². The van der Waals surface area contributed by atoms with E-state index in [1.165, 1.54) is 10.8 Å². The van der Waals surface area contributed by atoms with Gasteiger partial charge < -0.3 is 8.98 Å². The summed E-state index contributed by atoms with van der Waals surface area (Å²) in [5.74, 6) is 0.0439. The summed E-state index contributed by atoms with van der Waals surface area (Å²) in [5.41, 5.74) is -0.169. The molecule has 94 valence electrons. The van der Waals surface area contributed by atoms with Gasteiger partial charge in [0.15, 0.2) is 5.76 Å². The fourth-order valence-electron chi connectivity index (χ4n) is 2.02. The maximum absolute atomic E-state index is 12.2. The van der Waals surface area contributed by atoms with Gasteiger partial charge in [-0.15, -0.1) is 0 Å². The van der Waals surface area contributed by atoms with Crippen molar-refractivity contribution in [1.29, 1.82) is 0 Å². The molecule has 0 aliphatic carbocycles. The molecule has 2 aromatic heterocycles. The lowest BCUT2D eigenvalue weighted by atomic mass is 10.2. The van der Waals surface area contributed by atoms with E-state index in [2.05, 4.69) is 0 Å². The molecule has 0 aliphatic heterocycles. The highest BCUT2D eigenvalue weighted by Gasteiger charge is 2.11. The molecule has 0 atom stereocenters. The lowest BCUT2D eigenvalue weighted by Crippen LogP contribution is -2.23. The van der Waals surface area contributed by atoms with Gasteiger partial charge in [0.2, 0.25) is 5.78 Å². The Morgan fingerprint density at radius 3 is 2.74 bits per heavy atom. The van der Waals surface area contributed by atoms with Crippen molar-refractivity contribution < 1.29 is 9.21 Å². The molecule has 0 radical (unpaired) electrons. The molecule has 0 saturated carbocycles. The smallest absolute Gasteiger partial charge is 0.258 e. The Labute approximate surface area is 108 Å². The fraction of sp³-hybridized carbons (Fsp3) is 0.0667. The summed E-state index contributed by atoms with van der Waals surface area (Å²) >= 11 is 0. The number of benzene rings is 1. The highest BCUT2D eigenvalue weighted by molar-refractivity contribution is 5.93. The number of fused-ring (bicyclic) bond motifs is 1. The molecule has 0 fully saturated rings. The zero-order valence-corrected chi connectivity index (χ0v) is 10.1. The van der Waals surface area contributed by atoms with Crippen LogP contribution in [0.3, 0.4) is 0 Å². The average molecular weight is 253 g/mol. The Kier molecular flexibility index (Phi) is 2.76. The number of nitrogens with zero attached hydrogens (tertiary/aromatic N) is 1. The van der Waals surface area contributed by atoms with Gasteiger partial charge in [0.05, 0.1) is 12.8 Å². The zero-order valence-electron chi connectivity index (χ0n) is 10.1. The Bertz CT molecular complexity index is 785. The van der Waals surface area contributed by atoms with Crippen molar-refractivity contribution in [3.63, 3.8) is 0 Å². The molecule has 0 aliphatic rings. The third kappa shape index (κ3) is 2.08. The van der Waals surface area contributed by atoms with Gasteiger partial charge in [0.1, 0.15) is 0 Å². The average Bonchev–Trinajstić information content (AvgIpc) is 2.96. The Morgan fingerprint density at radius 2 is 1.95 bits per heavy atom. The van der Waals surface area contributed by atoms with E-state index in [0.29, 0.717) is 5.39 Å². The standard InChI is InChI=1S/C15H11NO3/c17-13(14-6-3-9-19-14)10-16-8-7-11-4-1-2-5-12(11)15(16)18/h1-9H,10H2. The second kappa shape index (κ2) is 4.57. The molecule has 0 unspecified atom stereocenters. The van der Waals surface area contributed by atoms with Gasteiger partial charge in [0.25, 0.3) is 5.56 Å². The van der Waals surface area contributed by atoms with Crippen LogP contribution in [0.4, 0.5) is 0 Å². The number of rotatable bonds is 3. The van der Waals surface area contributed by atoms with Crippen LogP contribution in [-0.4, -0.2) is 10.4 Å². The number of carbonyl (C=O) groups is 1. The third-order valence-electron chi connectivity index (χ3n) is 3.00. The molecule has 0 spiro atoms. The number of furan rings is 1. The summed E-state index contributed by atoms with van der Waals surface area (Å²) in [6.45, 7) is -0.0167. The predicted octanol–water partition coefficient (Wildman–Crippen LogP) is 2.48. The van der Waals surface area contributed by atoms with Crippen molar-refractivity contribution in [1.82, 2.24) is 4.57 Å². The summed E-state index contributed by atoms with van der Waals surface area (Å²) in [6, 6.07) is 12.4. The molecular weight excluding hydrogens is 242 g/mol. The Balaban J connectivity index is 2.00. The van der Waals surface area contributed by atoms with E-state index in [9.17, 15) is 9.59 Å². The first-order valence-electron chi connectivity index (χ1n) is 5.90. The van der Waals surface area contributed by atoms with Crippen LogP contribution in [-0.2, 0) is 6.54 Å². The van der Waals surface area contributed by atoms with Gasteiger partial charge in [-0.1, -0.05) is 18.2 Å². The summed E-state index contributed by atoms with van der Waals surface area (Å²) in [7, 11) is 0. The predicted molar refractivity (Wildman–Crippen MR) is 71.2 cm³/mol. The topological polar surface area (TPSA) is 52.2 Å². The molecule has 0 amide bonds. The summed E-state index contributed by atoms with van der Waals surface area (Å²) in [5, 5.41) is 1.48. The SMILES string of the molecule is O=C(Cn1ccc2ccccc2c1=O)c1ccco1. The summed E-state index contributed by atoms with van der Waals surface area (Å²) < 4.78 is 6.43. The molecule has 3 rings (SSSR count). The molecule has 2 heterocycles. The minimum Gasteiger partial charge on any atom is -0.461 e. The lowest BCUT2D eigenvalue weighted by Gasteiger charge is -2.05. The lowest BCUT2D eigenvalue weighted by molar-refractivity contribution is 0.0944. The summed E-state index contributed by atoms with van der Waals surface area (Å²) in [4.78, 5) is 24.1. The van der Waals surface area contributed by atoms with Crippen LogP contribution in [0.1, 0.15) is 10.6 Å². The minimum atomic E-state index is -0.220. The van der Waals surface area contributed by atoms with Crippen molar-refractivity contribution in [3.8, 4) is 0 Å². The second-order valence-electron chi connectivity index (χ2n) is 4.24. The largest absolute Gasteiger partial charge is 0.461 e. The van der Waals surface area contributed by atoms with Crippen LogP contribution in [0.5, 0.6) is 0 Å². The first kappa shape index (κ1) is 11.5.